The van der Waals surface area contributed by atoms with E-state index >= 15 is 0 Å². The molecule has 0 atom stereocenters. The zero-order chi connectivity index (χ0) is 71.3. The fraction of sp³-hybridized carbons (Fsp3) is 0.364. The van der Waals surface area contributed by atoms with Crippen molar-refractivity contribution < 1.29 is 37.9 Å². The molecule has 516 valence electrons. The van der Waals surface area contributed by atoms with E-state index < -0.39 is 0 Å². The molecule has 0 aliphatic heterocycles. The normalized spacial score (nSPS) is 10.0. The summed E-state index contributed by atoms with van der Waals surface area (Å²) in [6, 6.07) is 58.6. The van der Waals surface area contributed by atoms with E-state index in [1.807, 2.05) is 54.6 Å². The smallest absolute Gasteiger partial charge is 0.122 e. The van der Waals surface area contributed by atoms with E-state index in [9.17, 15) is 0 Å². The zero-order valence-corrected chi connectivity index (χ0v) is 63.1. The molecular formula is C88H116O8. The van der Waals surface area contributed by atoms with E-state index in [4.69, 9.17) is 37.9 Å². The van der Waals surface area contributed by atoms with Crippen LogP contribution < -0.4 is 37.9 Å². The summed E-state index contributed by atoms with van der Waals surface area (Å²) < 4.78 is 41.4. The van der Waals surface area contributed by atoms with Crippen LogP contribution >= 0.6 is 0 Å². The molecule has 0 aliphatic rings. The Bertz CT molecular complexity index is 3850. The summed E-state index contributed by atoms with van der Waals surface area (Å²) in [6.07, 6.45) is 8.55. The minimum Gasteiger partial charge on any atom is -0.497 e. The highest BCUT2D eigenvalue weighted by Gasteiger charge is 2.07. The Kier molecular flexibility index (Phi) is 37.3. The first-order valence-electron chi connectivity index (χ1n) is 34.1. The highest BCUT2D eigenvalue weighted by atomic mass is 16.5. The SMILES string of the molecule is CCc1c(C)cccc1OC.CCc1cc(C)cc(OC)c1.CCc1cc(C)ccc1OC.CCc1cc(OC)ccc1C.CCc1ccc(OC)cc1C.CCc1ccc2cc(OC)cc(C)c2c1.CCc1ccc2cc(OC)ccc2c1C.CCc1cccc(OC)c1C. The molecular weight excluding hydrogens is 1180 g/mol. The number of rotatable bonds is 16. The molecule has 0 fully saturated rings. The Morgan fingerprint density at radius 1 is 0.240 bits per heavy atom. The fourth-order valence-electron chi connectivity index (χ4n) is 11.2. The first kappa shape index (κ1) is 81.4. The number of hydrogen-bond donors (Lipinski definition) is 0. The molecule has 0 aliphatic carbocycles. The van der Waals surface area contributed by atoms with Gasteiger partial charge in [0.1, 0.15) is 46.0 Å². The molecule has 10 rings (SSSR count). The number of methoxy groups -OCH3 is 8. The molecule has 0 radical (unpaired) electrons. The van der Waals surface area contributed by atoms with Gasteiger partial charge in [-0.15, -0.1) is 0 Å². The maximum Gasteiger partial charge on any atom is 0.122 e. The first-order valence-corrected chi connectivity index (χ1v) is 34.1. The predicted molar refractivity (Wildman–Crippen MR) is 412 cm³/mol. The molecule has 8 heteroatoms. The number of ether oxygens (including phenoxy) is 8. The van der Waals surface area contributed by atoms with Crippen LogP contribution in [0.4, 0.5) is 0 Å². The highest BCUT2D eigenvalue weighted by molar-refractivity contribution is 5.88. The van der Waals surface area contributed by atoms with Gasteiger partial charge in [0.15, 0.2) is 0 Å². The van der Waals surface area contributed by atoms with Crippen LogP contribution in [0.5, 0.6) is 46.0 Å². The highest BCUT2D eigenvalue weighted by Crippen LogP contribution is 2.29. The number of fused-ring (bicyclic) bond motifs is 2. The average Bonchev–Trinajstić information content (AvgIpc) is 0.897. The van der Waals surface area contributed by atoms with Crippen molar-refractivity contribution >= 4 is 21.5 Å². The van der Waals surface area contributed by atoms with Gasteiger partial charge in [-0.25, -0.2) is 0 Å². The second-order valence-corrected chi connectivity index (χ2v) is 23.5. The topological polar surface area (TPSA) is 73.8 Å². The fourth-order valence-corrected chi connectivity index (χ4v) is 11.2. The predicted octanol–water partition coefficient (Wildman–Crippen LogP) is 22.8. The quantitative estimate of drug-likeness (QED) is 0.0947. The van der Waals surface area contributed by atoms with Crippen molar-refractivity contribution in [3.63, 3.8) is 0 Å². The van der Waals surface area contributed by atoms with Gasteiger partial charge in [0.05, 0.1) is 56.9 Å². The lowest BCUT2D eigenvalue weighted by Gasteiger charge is -2.08. The van der Waals surface area contributed by atoms with Crippen molar-refractivity contribution in [1.29, 1.82) is 0 Å². The summed E-state index contributed by atoms with van der Waals surface area (Å²) in [4.78, 5) is 0. The van der Waals surface area contributed by atoms with Crippen molar-refractivity contribution in [1.82, 2.24) is 0 Å². The molecule has 0 N–H and O–H groups in total. The van der Waals surface area contributed by atoms with Gasteiger partial charge in [-0.05, 0) is 291 Å². The van der Waals surface area contributed by atoms with Crippen molar-refractivity contribution in [2.45, 2.75) is 162 Å². The first-order chi connectivity index (χ1) is 46.2. The minimum absolute atomic E-state index is 0.922. The largest absolute Gasteiger partial charge is 0.497 e. The molecule has 0 aromatic heterocycles. The summed E-state index contributed by atoms with van der Waals surface area (Å²) in [7, 11) is 13.6. The van der Waals surface area contributed by atoms with Gasteiger partial charge in [0.25, 0.3) is 0 Å². The third-order valence-corrected chi connectivity index (χ3v) is 17.2. The van der Waals surface area contributed by atoms with Crippen LogP contribution in [0.1, 0.15) is 144 Å². The molecule has 0 saturated heterocycles. The van der Waals surface area contributed by atoms with Crippen LogP contribution in [0, 0.1) is 55.4 Å². The Hall–Kier alpha value is -8.88. The van der Waals surface area contributed by atoms with E-state index in [0.717, 1.165) is 97.4 Å². The summed E-state index contributed by atoms with van der Waals surface area (Å²) in [5.41, 5.74) is 21.3. The van der Waals surface area contributed by atoms with E-state index in [0.29, 0.717) is 0 Å². The van der Waals surface area contributed by atoms with Crippen LogP contribution in [0.25, 0.3) is 21.5 Å². The Balaban J connectivity index is 0.000000287. The summed E-state index contributed by atoms with van der Waals surface area (Å²) in [5.74, 6) is 7.71. The van der Waals surface area contributed by atoms with E-state index in [1.54, 1.807) is 56.9 Å². The third kappa shape index (κ3) is 25.7. The molecule has 0 saturated carbocycles. The molecule has 10 aromatic rings. The number of benzene rings is 10. The van der Waals surface area contributed by atoms with Gasteiger partial charge in [0, 0.05) is 0 Å². The number of hydrogen-bond acceptors (Lipinski definition) is 8. The molecule has 0 heterocycles. The lowest BCUT2D eigenvalue weighted by molar-refractivity contribution is 0.409. The van der Waals surface area contributed by atoms with Crippen molar-refractivity contribution in [3.05, 3.63) is 259 Å². The molecule has 10 aromatic carbocycles. The second kappa shape index (κ2) is 44.0. The van der Waals surface area contributed by atoms with Gasteiger partial charge in [-0.3, -0.25) is 0 Å². The minimum atomic E-state index is 0.922. The van der Waals surface area contributed by atoms with Gasteiger partial charge in [0.2, 0.25) is 0 Å². The average molecular weight is 1300 g/mol. The van der Waals surface area contributed by atoms with Crippen LogP contribution in [0.2, 0.25) is 0 Å². The van der Waals surface area contributed by atoms with Crippen LogP contribution in [0.3, 0.4) is 0 Å². The van der Waals surface area contributed by atoms with Gasteiger partial charge in [-0.2, -0.15) is 0 Å². The zero-order valence-electron chi connectivity index (χ0n) is 63.1. The van der Waals surface area contributed by atoms with Crippen LogP contribution in [-0.4, -0.2) is 56.9 Å². The van der Waals surface area contributed by atoms with E-state index in [2.05, 4.69) is 226 Å². The van der Waals surface area contributed by atoms with E-state index in [-0.39, 0.29) is 0 Å². The van der Waals surface area contributed by atoms with Crippen LogP contribution in [-0.2, 0) is 51.4 Å². The van der Waals surface area contributed by atoms with Crippen molar-refractivity contribution in [2.24, 2.45) is 0 Å². The number of aryl methyl sites for hydroxylation is 14. The maximum absolute atomic E-state index is 5.26. The van der Waals surface area contributed by atoms with Crippen molar-refractivity contribution in [2.75, 3.05) is 56.9 Å². The Morgan fingerprint density at radius 2 is 0.740 bits per heavy atom. The summed E-state index contributed by atoms with van der Waals surface area (Å²) in [5, 5.41) is 5.17. The Labute approximate surface area is 580 Å². The summed E-state index contributed by atoms with van der Waals surface area (Å²) >= 11 is 0. The molecule has 8 nitrogen and oxygen atoms in total. The van der Waals surface area contributed by atoms with E-state index in [1.165, 1.54) is 111 Å². The standard InChI is InChI=1S/2C14H16O.6C10H14O/c1-4-11-5-6-12-9-13(15-3)7-10(2)14(12)8-11;1-4-11-5-6-12-9-13(15-3)7-8-14(12)10(11)2;1-4-9-5-8(2)6-10(7-9)11-3;1-4-9-5-6-10(11-3)7-8(9)2;1-4-9-7-10(11-3)6-5-8(9)2;1-4-9-7-8(2)5-6-10(9)11-3;1-4-9-6-5-7-10(11-3)8(9)2;1-4-9-8(2)6-5-7-10(9)11-3/h2*5-9H,4H2,1-3H3;6*5-7H,4H2,1-3H3. The van der Waals surface area contributed by atoms with Gasteiger partial charge >= 0.3 is 0 Å². The molecule has 0 spiro atoms. The summed E-state index contributed by atoms with van der Waals surface area (Å²) in [6.45, 7) is 34.2. The Morgan fingerprint density at radius 3 is 1.30 bits per heavy atom. The lowest BCUT2D eigenvalue weighted by Crippen LogP contribution is -1.92. The van der Waals surface area contributed by atoms with Gasteiger partial charge in [-0.1, -0.05) is 152 Å². The van der Waals surface area contributed by atoms with Crippen LogP contribution in [0.15, 0.2) is 170 Å². The maximum atomic E-state index is 5.26. The second-order valence-electron chi connectivity index (χ2n) is 23.5. The molecule has 0 unspecified atom stereocenters. The molecule has 0 amide bonds. The molecule has 0 bridgehead atoms. The monoisotopic (exact) mass is 1300 g/mol. The van der Waals surface area contributed by atoms with Gasteiger partial charge < -0.3 is 37.9 Å². The lowest BCUT2D eigenvalue weighted by atomic mass is 9.98. The molecule has 96 heavy (non-hydrogen) atoms. The third-order valence-electron chi connectivity index (χ3n) is 17.2. The van der Waals surface area contributed by atoms with Crippen molar-refractivity contribution in [3.8, 4) is 46.0 Å².